The topological polar surface area (TPSA) is 230 Å². The number of guanidine groups is 1. The molecule has 13 heteroatoms. The van der Waals surface area contributed by atoms with Crippen LogP contribution in [0.1, 0.15) is 86.0 Å². The van der Waals surface area contributed by atoms with Crippen LogP contribution < -0.4 is 16.8 Å². The maximum absolute atomic E-state index is 12.4. The number of nitrogens with zero attached hydrogens (tertiary/aromatic N) is 1. The van der Waals surface area contributed by atoms with Gasteiger partial charge in [-0.05, 0) is 81.8 Å². The van der Waals surface area contributed by atoms with E-state index in [9.17, 15) is 35.1 Å². The standard InChI is InChI=1S/C46H68N4O9/c1-30(21-15-12-13-20-28-49-46(47)48)22-16-14-17-23-31(2)29-35(6)41(58-45-40(54)38(52)39(53)42(59-45)44(56)57)33(4)24-18-10-8-7-9-11-19-25-34(5)43(55)50-37-32(3)26-27-36(37)51/h7-12,15-16,18-19,22,24-25,29-31,33,38-42,45,51-54H,3,13-14,17,20-21,23,26-28H2,1-2,4-6H3,(H,50,55)(H,56,57)(H4,47,48,49)/b9-7+,10-8+,15-12+,19-11+,22-16+,24-18+,34-25+,35-29+. The fourth-order valence-electron chi connectivity index (χ4n) is 6.43. The number of hydrogen-bond donors (Lipinski definition) is 8. The molecule has 1 aliphatic heterocycles. The second-order valence-electron chi connectivity index (χ2n) is 15.3. The molecule has 1 amide bonds. The van der Waals surface area contributed by atoms with Crippen LogP contribution in [0.15, 0.2) is 125 Å². The number of nitrogens with two attached hydrogens (primary N) is 2. The zero-order valence-corrected chi connectivity index (χ0v) is 35.3. The highest BCUT2D eigenvalue weighted by atomic mass is 16.7. The van der Waals surface area contributed by atoms with Gasteiger partial charge in [0.05, 0.1) is 11.8 Å². The summed E-state index contributed by atoms with van der Waals surface area (Å²) in [6, 6.07) is 0. The summed E-state index contributed by atoms with van der Waals surface area (Å²) in [6.45, 7) is 14.3. The molecule has 13 nitrogen and oxygen atoms in total. The van der Waals surface area contributed by atoms with Crippen molar-refractivity contribution in [2.75, 3.05) is 6.54 Å². The molecule has 10 N–H and O–H groups in total. The Labute approximate surface area is 350 Å². The van der Waals surface area contributed by atoms with Gasteiger partial charge in [0.15, 0.2) is 18.4 Å². The predicted octanol–water partition coefficient (Wildman–Crippen LogP) is 6.25. The van der Waals surface area contributed by atoms with Gasteiger partial charge < -0.3 is 51.8 Å². The SMILES string of the molecule is C=C1CCC(O)=C1NC(=O)/C(C)=C/C=C/C=C/C=C/C=C/C(C)C(OC1OC(C(=O)O)C(O)C(O)C1O)/C(C)=C/C(C)CCC/C=C/C(C)C/C=C/CCCN=C(N)N. The lowest BCUT2D eigenvalue weighted by Gasteiger charge is -2.40. The summed E-state index contributed by atoms with van der Waals surface area (Å²) >= 11 is 0. The number of carboxylic acid groups (broad SMARTS) is 1. The minimum atomic E-state index is -1.82. The summed E-state index contributed by atoms with van der Waals surface area (Å²) in [5.74, 6) is -1.19. The number of carboxylic acids is 1. The number of allylic oxidation sites excluding steroid dienone is 15. The molecule has 2 aliphatic rings. The molecule has 0 bridgehead atoms. The summed E-state index contributed by atoms with van der Waals surface area (Å²) < 4.78 is 11.7. The zero-order valence-electron chi connectivity index (χ0n) is 35.3. The molecule has 1 saturated heterocycles. The van der Waals surface area contributed by atoms with Gasteiger partial charge in [-0.3, -0.25) is 9.79 Å². The Balaban J connectivity index is 2.02. The molecule has 326 valence electrons. The van der Waals surface area contributed by atoms with Gasteiger partial charge in [-0.1, -0.05) is 112 Å². The van der Waals surface area contributed by atoms with Gasteiger partial charge in [0.25, 0.3) is 5.91 Å². The van der Waals surface area contributed by atoms with Crippen LogP contribution in [0.3, 0.4) is 0 Å². The summed E-state index contributed by atoms with van der Waals surface area (Å²) in [5.41, 5.74) is 13.1. The Morgan fingerprint density at radius 2 is 1.56 bits per heavy atom. The van der Waals surface area contributed by atoms with Crippen molar-refractivity contribution in [1.29, 1.82) is 0 Å². The summed E-state index contributed by atoms with van der Waals surface area (Å²) in [5, 5.41) is 53.5. The third kappa shape index (κ3) is 18.8. The first kappa shape index (κ1) is 50.4. The average molecular weight is 821 g/mol. The van der Waals surface area contributed by atoms with Crippen LogP contribution in [-0.2, 0) is 19.1 Å². The lowest BCUT2D eigenvalue weighted by molar-refractivity contribution is -0.303. The molecular weight excluding hydrogens is 753 g/mol. The highest BCUT2D eigenvalue weighted by Gasteiger charge is 2.48. The van der Waals surface area contributed by atoms with E-state index in [4.69, 9.17) is 20.9 Å². The van der Waals surface area contributed by atoms with E-state index in [0.29, 0.717) is 42.1 Å². The van der Waals surface area contributed by atoms with Gasteiger partial charge in [0.1, 0.15) is 24.1 Å². The number of aliphatic hydroxyl groups excluding tert-OH is 4. The largest absolute Gasteiger partial charge is 0.510 e. The molecule has 0 aromatic heterocycles. The van der Waals surface area contributed by atoms with Gasteiger partial charge >= 0.3 is 5.97 Å². The van der Waals surface area contributed by atoms with E-state index in [2.05, 4.69) is 61.1 Å². The van der Waals surface area contributed by atoms with Crippen LogP contribution in [0.5, 0.6) is 0 Å². The highest BCUT2D eigenvalue weighted by molar-refractivity contribution is 5.94. The number of carbonyl (C=O) groups is 2. The van der Waals surface area contributed by atoms with E-state index >= 15 is 0 Å². The van der Waals surface area contributed by atoms with Crippen molar-refractivity contribution in [3.63, 3.8) is 0 Å². The van der Waals surface area contributed by atoms with E-state index < -0.39 is 42.8 Å². The Bertz CT molecular complexity index is 1680. The summed E-state index contributed by atoms with van der Waals surface area (Å²) in [4.78, 5) is 28.2. The maximum Gasteiger partial charge on any atom is 0.335 e. The van der Waals surface area contributed by atoms with Crippen molar-refractivity contribution in [3.8, 4) is 0 Å². The van der Waals surface area contributed by atoms with Crippen LogP contribution in [0.25, 0.3) is 0 Å². The number of nitrogens with one attached hydrogen (secondary N) is 1. The van der Waals surface area contributed by atoms with Crippen LogP contribution in [-0.4, -0.2) is 86.7 Å². The molecule has 0 aromatic carbocycles. The summed E-state index contributed by atoms with van der Waals surface area (Å²) in [7, 11) is 0. The zero-order chi connectivity index (χ0) is 43.9. The van der Waals surface area contributed by atoms with E-state index in [1.54, 1.807) is 31.2 Å². The maximum atomic E-state index is 12.4. The van der Waals surface area contributed by atoms with Crippen molar-refractivity contribution in [1.82, 2.24) is 5.32 Å². The van der Waals surface area contributed by atoms with E-state index in [1.165, 1.54) is 0 Å². The highest BCUT2D eigenvalue weighted by Crippen LogP contribution is 2.29. The lowest BCUT2D eigenvalue weighted by atomic mass is 9.92. The van der Waals surface area contributed by atoms with Crippen molar-refractivity contribution >= 4 is 17.8 Å². The van der Waals surface area contributed by atoms with Gasteiger partial charge in [0, 0.05) is 24.5 Å². The van der Waals surface area contributed by atoms with E-state index in [-0.39, 0.29) is 29.5 Å². The Morgan fingerprint density at radius 1 is 0.898 bits per heavy atom. The first-order valence-electron chi connectivity index (χ1n) is 20.4. The van der Waals surface area contributed by atoms with Crippen LogP contribution in [0, 0.1) is 17.8 Å². The van der Waals surface area contributed by atoms with Crippen LogP contribution in [0.2, 0.25) is 0 Å². The smallest absolute Gasteiger partial charge is 0.335 e. The minimum Gasteiger partial charge on any atom is -0.510 e. The first-order valence-corrected chi connectivity index (χ1v) is 20.4. The van der Waals surface area contributed by atoms with Gasteiger partial charge in [-0.2, -0.15) is 0 Å². The molecule has 59 heavy (non-hydrogen) atoms. The Kier molecular flexibility index (Phi) is 23.1. The normalized spacial score (nSPS) is 24.3. The van der Waals surface area contributed by atoms with Crippen molar-refractivity contribution in [2.45, 2.75) is 123 Å². The quantitative estimate of drug-likeness (QED) is 0.0135. The second-order valence-corrected chi connectivity index (χ2v) is 15.3. The third-order valence-electron chi connectivity index (χ3n) is 9.89. The number of carbonyl (C=O) groups excluding carboxylic acids is 1. The van der Waals surface area contributed by atoms with Crippen molar-refractivity contribution in [2.24, 2.45) is 34.2 Å². The number of aliphatic carboxylic acids is 1. The van der Waals surface area contributed by atoms with Gasteiger partial charge in [-0.25, -0.2) is 4.79 Å². The lowest BCUT2D eigenvalue weighted by Crippen LogP contribution is -2.61. The van der Waals surface area contributed by atoms with Crippen LogP contribution >= 0.6 is 0 Å². The molecule has 1 fully saturated rings. The van der Waals surface area contributed by atoms with Crippen molar-refractivity contribution in [3.05, 3.63) is 120 Å². The number of unbranched alkanes of at least 4 members (excludes halogenated alkanes) is 2. The number of amides is 1. The minimum absolute atomic E-state index is 0.122. The molecule has 0 aromatic rings. The molecule has 9 unspecified atom stereocenters. The first-order chi connectivity index (χ1) is 28.0. The fraction of sp³-hybridized carbons (Fsp3) is 0.500. The number of ether oxygens (including phenoxy) is 2. The predicted molar refractivity (Wildman–Crippen MR) is 234 cm³/mol. The number of aliphatic imine (C=N–C) groups is 1. The average Bonchev–Trinajstić information content (AvgIpc) is 3.50. The van der Waals surface area contributed by atoms with Crippen molar-refractivity contribution < 1.29 is 44.6 Å². The molecule has 1 heterocycles. The molecule has 2 rings (SSSR count). The number of aliphatic hydroxyl groups is 4. The van der Waals surface area contributed by atoms with Gasteiger partial charge in [-0.15, -0.1) is 0 Å². The Morgan fingerprint density at radius 3 is 2.20 bits per heavy atom. The molecule has 0 saturated carbocycles. The molecule has 0 spiro atoms. The summed E-state index contributed by atoms with van der Waals surface area (Å²) in [6.07, 6.45) is 24.7. The molecule has 1 aliphatic carbocycles. The van der Waals surface area contributed by atoms with Gasteiger partial charge in [0.2, 0.25) is 0 Å². The third-order valence-corrected chi connectivity index (χ3v) is 9.89. The Hall–Kier alpha value is -4.79. The molecule has 0 radical (unpaired) electrons. The fourth-order valence-corrected chi connectivity index (χ4v) is 6.43. The number of rotatable bonds is 24. The second kappa shape index (κ2) is 27.1. The molecule has 9 atom stereocenters. The van der Waals surface area contributed by atoms with E-state index in [0.717, 1.165) is 44.1 Å². The van der Waals surface area contributed by atoms with E-state index in [1.807, 2.05) is 44.2 Å². The monoisotopic (exact) mass is 820 g/mol. The number of hydrogen-bond acceptors (Lipinski definition) is 9. The van der Waals surface area contributed by atoms with Crippen LogP contribution in [0.4, 0.5) is 0 Å². The molecular formula is C46H68N4O9.